The number of unbranched alkanes of at least 4 members (excludes halogenated alkanes) is 8. The second kappa shape index (κ2) is 12.9. The second-order valence-corrected chi connectivity index (χ2v) is 9.57. The summed E-state index contributed by atoms with van der Waals surface area (Å²) in [6.07, 6.45) is 17.2. The first kappa shape index (κ1) is 21.2. The minimum atomic E-state index is 1.06. The number of fused-ring (bicyclic) bond motifs is 1. The van der Waals surface area contributed by atoms with Crippen molar-refractivity contribution in [3.05, 3.63) is 29.3 Å². The Hall–Kier alpha value is -0.510. The quantitative estimate of drug-likeness (QED) is 0.312. The molecule has 1 fully saturated rings. The highest BCUT2D eigenvalue weighted by Crippen LogP contribution is 2.29. The Balaban J connectivity index is 1.10. The Labute approximate surface area is 171 Å². The number of benzene rings is 1. The third-order valence-corrected chi connectivity index (χ3v) is 7.36. The normalized spacial score (nSPS) is 17.3. The highest BCUT2D eigenvalue weighted by molar-refractivity contribution is 7.99. The highest BCUT2D eigenvalue weighted by Gasteiger charge is 2.13. The summed E-state index contributed by atoms with van der Waals surface area (Å²) in [5.41, 5.74) is 3.07. The van der Waals surface area contributed by atoms with Gasteiger partial charge in [-0.05, 0) is 68.3 Å². The van der Waals surface area contributed by atoms with Gasteiger partial charge in [-0.15, -0.1) is 11.8 Å². The molecule has 0 unspecified atom stereocenters. The van der Waals surface area contributed by atoms with E-state index in [1.54, 1.807) is 5.56 Å². The van der Waals surface area contributed by atoms with Crippen LogP contribution in [0, 0.1) is 0 Å². The summed E-state index contributed by atoms with van der Waals surface area (Å²) >= 11 is 2.07. The van der Waals surface area contributed by atoms with Gasteiger partial charge < -0.3 is 10.2 Å². The van der Waals surface area contributed by atoms with Crippen molar-refractivity contribution < 1.29 is 0 Å². The molecule has 0 atom stereocenters. The summed E-state index contributed by atoms with van der Waals surface area (Å²) in [6.45, 7) is 6.21. The van der Waals surface area contributed by atoms with Crippen molar-refractivity contribution in [3.63, 3.8) is 0 Å². The third kappa shape index (κ3) is 7.79. The van der Waals surface area contributed by atoms with Crippen LogP contribution in [0.5, 0.6) is 0 Å². The summed E-state index contributed by atoms with van der Waals surface area (Å²) in [4.78, 5) is 4.20. The zero-order valence-corrected chi connectivity index (χ0v) is 18.1. The van der Waals surface area contributed by atoms with E-state index < -0.39 is 0 Å². The maximum atomic E-state index is 3.47. The van der Waals surface area contributed by atoms with Gasteiger partial charge in [0.25, 0.3) is 0 Å². The first-order chi connectivity index (χ1) is 13.4. The smallest absolute Gasteiger partial charge is 0.0223 e. The average molecular weight is 389 g/mol. The molecule has 0 aromatic heterocycles. The molecule has 2 heterocycles. The van der Waals surface area contributed by atoms with Crippen LogP contribution in [-0.4, -0.2) is 30.3 Å². The molecule has 1 N–H and O–H groups in total. The summed E-state index contributed by atoms with van der Waals surface area (Å²) in [5.74, 6) is 1.28. The summed E-state index contributed by atoms with van der Waals surface area (Å²) in [7, 11) is 0. The maximum absolute atomic E-state index is 3.47. The van der Waals surface area contributed by atoms with Crippen LogP contribution in [0.15, 0.2) is 23.1 Å². The predicted octanol–water partition coefficient (Wildman–Crippen LogP) is 6.38. The van der Waals surface area contributed by atoms with Crippen LogP contribution in [0.3, 0.4) is 0 Å². The lowest BCUT2D eigenvalue weighted by molar-refractivity contribution is 0.224. The Bertz CT molecular complexity index is 525. The summed E-state index contributed by atoms with van der Waals surface area (Å²) < 4.78 is 0. The van der Waals surface area contributed by atoms with E-state index in [2.05, 4.69) is 40.2 Å². The van der Waals surface area contributed by atoms with Crippen molar-refractivity contribution >= 4 is 11.8 Å². The van der Waals surface area contributed by atoms with E-state index in [-0.39, 0.29) is 0 Å². The fraction of sp³-hybridized carbons (Fsp3) is 0.750. The molecule has 1 aromatic carbocycles. The number of nitrogens with one attached hydrogen (secondary N) is 1. The lowest BCUT2D eigenvalue weighted by Gasteiger charge is -2.26. The Morgan fingerprint density at radius 1 is 0.778 bits per heavy atom. The van der Waals surface area contributed by atoms with Gasteiger partial charge in [0, 0.05) is 18.0 Å². The monoisotopic (exact) mass is 388 g/mol. The molecule has 0 radical (unpaired) electrons. The van der Waals surface area contributed by atoms with Crippen LogP contribution in [0.25, 0.3) is 0 Å². The molecule has 2 aliphatic heterocycles. The molecular weight excluding hydrogens is 348 g/mol. The minimum Gasteiger partial charge on any atom is -0.309 e. The predicted molar refractivity (Wildman–Crippen MR) is 120 cm³/mol. The lowest BCUT2D eigenvalue weighted by atomic mass is 10.1. The number of rotatable bonds is 13. The van der Waals surface area contributed by atoms with Crippen LogP contribution in [0.1, 0.15) is 88.2 Å². The van der Waals surface area contributed by atoms with Gasteiger partial charge in [-0.3, -0.25) is 0 Å². The second-order valence-electron chi connectivity index (χ2n) is 8.43. The molecular formula is C24H40N2S. The van der Waals surface area contributed by atoms with Crippen LogP contribution in [0.4, 0.5) is 0 Å². The minimum absolute atomic E-state index is 1.06. The molecule has 1 saturated heterocycles. The van der Waals surface area contributed by atoms with Gasteiger partial charge in [0.2, 0.25) is 0 Å². The maximum Gasteiger partial charge on any atom is 0.0223 e. The Morgan fingerprint density at radius 3 is 2.26 bits per heavy atom. The molecule has 0 aliphatic carbocycles. The largest absolute Gasteiger partial charge is 0.309 e. The van der Waals surface area contributed by atoms with Crippen LogP contribution in [0.2, 0.25) is 0 Å². The molecule has 3 rings (SSSR count). The van der Waals surface area contributed by atoms with E-state index >= 15 is 0 Å². The fourth-order valence-corrected chi connectivity index (χ4v) is 5.60. The number of piperidine rings is 1. The fourth-order valence-electron chi connectivity index (χ4n) is 4.47. The van der Waals surface area contributed by atoms with Gasteiger partial charge in [0.15, 0.2) is 0 Å². The number of thioether (sulfide) groups is 1. The summed E-state index contributed by atoms with van der Waals surface area (Å²) in [5, 5.41) is 3.47. The van der Waals surface area contributed by atoms with Gasteiger partial charge in [0.05, 0.1) is 0 Å². The van der Waals surface area contributed by atoms with Crippen molar-refractivity contribution in [1.29, 1.82) is 0 Å². The molecule has 2 nitrogen and oxygen atoms in total. The van der Waals surface area contributed by atoms with Crippen LogP contribution in [-0.2, 0) is 13.1 Å². The molecule has 0 saturated carbocycles. The Morgan fingerprint density at radius 2 is 1.48 bits per heavy atom. The number of nitrogens with zero attached hydrogens (tertiary/aromatic N) is 1. The van der Waals surface area contributed by atoms with Crippen LogP contribution >= 0.6 is 11.8 Å². The molecule has 3 heteroatoms. The molecule has 0 spiro atoms. The number of hydrogen-bond donors (Lipinski definition) is 1. The summed E-state index contributed by atoms with van der Waals surface area (Å²) in [6, 6.07) is 6.80. The SMILES string of the molecule is c1cc2c(c(SCCCCCCCCCCCN3CCCCC3)c1)CNC2. The van der Waals surface area contributed by atoms with Crippen molar-refractivity contribution in [2.24, 2.45) is 0 Å². The van der Waals surface area contributed by atoms with Gasteiger partial charge in [0.1, 0.15) is 0 Å². The van der Waals surface area contributed by atoms with E-state index in [4.69, 9.17) is 0 Å². The van der Waals surface area contributed by atoms with Gasteiger partial charge in [-0.2, -0.15) is 0 Å². The number of likely N-dealkylation sites (tertiary alicyclic amines) is 1. The Kier molecular flexibility index (Phi) is 10.1. The van der Waals surface area contributed by atoms with E-state index in [1.807, 2.05) is 0 Å². The van der Waals surface area contributed by atoms with Crippen molar-refractivity contribution in [2.45, 2.75) is 95.0 Å². The van der Waals surface area contributed by atoms with E-state index in [1.165, 1.54) is 113 Å². The molecule has 2 aliphatic rings. The van der Waals surface area contributed by atoms with Crippen molar-refractivity contribution in [3.8, 4) is 0 Å². The van der Waals surface area contributed by atoms with E-state index in [0.29, 0.717) is 0 Å². The van der Waals surface area contributed by atoms with Gasteiger partial charge in [-0.25, -0.2) is 0 Å². The van der Waals surface area contributed by atoms with E-state index in [0.717, 1.165) is 13.1 Å². The van der Waals surface area contributed by atoms with Crippen molar-refractivity contribution in [1.82, 2.24) is 10.2 Å². The molecule has 0 amide bonds. The standard InChI is InChI=1S/C24H40N2S/c1(2-4-6-9-16-26-17-10-8-11-18-26)3-5-7-12-19-27-24-15-13-14-22-20-25-21-23(22)24/h13-15,25H,1-12,16-21H2. The molecule has 152 valence electrons. The zero-order valence-electron chi connectivity index (χ0n) is 17.3. The number of hydrogen-bond acceptors (Lipinski definition) is 3. The van der Waals surface area contributed by atoms with Gasteiger partial charge >= 0.3 is 0 Å². The lowest BCUT2D eigenvalue weighted by Crippen LogP contribution is -2.30. The molecule has 0 bridgehead atoms. The van der Waals surface area contributed by atoms with Gasteiger partial charge in [-0.1, -0.05) is 63.5 Å². The average Bonchev–Trinajstić information content (AvgIpc) is 3.19. The first-order valence-corrected chi connectivity index (χ1v) is 12.6. The first-order valence-electron chi connectivity index (χ1n) is 11.6. The van der Waals surface area contributed by atoms with E-state index in [9.17, 15) is 0 Å². The third-order valence-electron chi connectivity index (χ3n) is 6.17. The van der Waals surface area contributed by atoms with Crippen LogP contribution < -0.4 is 5.32 Å². The van der Waals surface area contributed by atoms with Crippen molar-refractivity contribution in [2.75, 3.05) is 25.4 Å². The topological polar surface area (TPSA) is 15.3 Å². The molecule has 1 aromatic rings. The zero-order chi connectivity index (χ0) is 18.6. The molecule has 27 heavy (non-hydrogen) atoms. The highest BCUT2D eigenvalue weighted by atomic mass is 32.2.